The van der Waals surface area contributed by atoms with E-state index >= 15 is 0 Å². The van der Waals surface area contributed by atoms with Gasteiger partial charge in [0.1, 0.15) is 0 Å². The summed E-state index contributed by atoms with van der Waals surface area (Å²) in [4.78, 5) is 0. The number of fused-ring (bicyclic) bond motifs is 1. The van der Waals surface area contributed by atoms with E-state index in [9.17, 15) is 0 Å². The zero-order chi connectivity index (χ0) is 11.1. The van der Waals surface area contributed by atoms with Crippen molar-refractivity contribution in [1.82, 2.24) is 0 Å². The van der Waals surface area contributed by atoms with E-state index in [0.29, 0.717) is 5.41 Å². The van der Waals surface area contributed by atoms with Crippen molar-refractivity contribution in [2.75, 3.05) is 0 Å². The first kappa shape index (κ1) is 11.0. The molecular weight excluding hydrogens is 180 g/mol. The average Bonchev–Trinajstić information content (AvgIpc) is 2.19. The standard InChI is InChI=1S/C15H24/c1-11(2)13-8-9-14-7-5-6-12(3)15(14,4)10-13/h7,12-13H,1,5-6,8-10H2,2-4H3/t12-,13-,15-/m0/s1. The maximum Gasteiger partial charge on any atom is -0.00850 e. The molecule has 84 valence electrons. The molecule has 15 heavy (non-hydrogen) atoms. The summed E-state index contributed by atoms with van der Waals surface area (Å²) in [6, 6.07) is 0. The maximum atomic E-state index is 4.15. The molecule has 2 aliphatic rings. The molecule has 0 aromatic heterocycles. The smallest absolute Gasteiger partial charge is 0.00850 e. The molecule has 0 aromatic rings. The average molecular weight is 204 g/mol. The lowest BCUT2D eigenvalue weighted by molar-refractivity contribution is 0.151. The quantitative estimate of drug-likeness (QED) is 0.542. The van der Waals surface area contributed by atoms with E-state index in [1.54, 1.807) is 5.57 Å². The minimum absolute atomic E-state index is 0.486. The summed E-state index contributed by atoms with van der Waals surface area (Å²) in [5.74, 6) is 1.63. The summed E-state index contributed by atoms with van der Waals surface area (Å²) >= 11 is 0. The van der Waals surface area contributed by atoms with Gasteiger partial charge in [-0.2, -0.15) is 0 Å². The van der Waals surface area contributed by atoms with E-state index in [-0.39, 0.29) is 0 Å². The van der Waals surface area contributed by atoms with Crippen LogP contribution >= 0.6 is 0 Å². The summed E-state index contributed by atoms with van der Waals surface area (Å²) in [5, 5.41) is 0. The fourth-order valence-electron chi connectivity index (χ4n) is 3.46. The Kier molecular flexibility index (Phi) is 2.79. The largest absolute Gasteiger partial charge is 0.0999 e. The number of allylic oxidation sites excluding steroid dienone is 3. The van der Waals surface area contributed by atoms with Gasteiger partial charge in [-0.15, -0.1) is 0 Å². The van der Waals surface area contributed by atoms with Gasteiger partial charge in [-0.25, -0.2) is 0 Å². The van der Waals surface area contributed by atoms with Crippen molar-refractivity contribution >= 4 is 0 Å². The first-order chi connectivity index (χ1) is 7.04. The van der Waals surface area contributed by atoms with Crippen LogP contribution in [0, 0.1) is 17.3 Å². The predicted molar refractivity (Wildman–Crippen MR) is 66.7 cm³/mol. The second-order valence-electron chi connectivity index (χ2n) is 5.91. The fourth-order valence-corrected chi connectivity index (χ4v) is 3.46. The van der Waals surface area contributed by atoms with Gasteiger partial charge in [-0.1, -0.05) is 37.6 Å². The van der Waals surface area contributed by atoms with Crippen molar-refractivity contribution < 1.29 is 0 Å². The predicted octanol–water partition coefficient (Wildman–Crippen LogP) is 4.73. The van der Waals surface area contributed by atoms with Gasteiger partial charge >= 0.3 is 0 Å². The molecule has 0 heterocycles. The van der Waals surface area contributed by atoms with Crippen molar-refractivity contribution in [3.8, 4) is 0 Å². The zero-order valence-corrected chi connectivity index (χ0v) is 10.5. The Hall–Kier alpha value is -0.520. The number of rotatable bonds is 1. The van der Waals surface area contributed by atoms with Crippen LogP contribution in [0.1, 0.15) is 52.9 Å². The van der Waals surface area contributed by atoms with Crippen molar-refractivity contribution in [3.63, 3.8) is 0 Å². The molecule has 1 saturated carbocycles. The Balaban J connectivity index is 2.24. The Morgan fingerprint density at radius 1 is 1.47 bits per heavy atom. The van der Waals surface area contributed by atoms with Crippen molar-refractivity contribution in [2.45, 2.75) is 52.9 Å². The lowest BCUT2D eigenvalue weighted by Crippen LogP contribution is -2.36. The van der Waals surface area contributed by atoms with Crippen LogP contribution in [-0.2, 0) is 0 Å². The molecule has 0 aliphatic heterocycles. The van der Waals surface area contributed by atoms with Crippen LogP contribution in [0.5, 0.6) is 0 Å². The molecule has 0 heteroatoms. The first-order valence-corrected chi connectivity index (χ1v) is 6.39. The Labute approximate surface area is 94.5 Å². The highest BCUT2D eigenvalue weighted by atomic mass is 14.5. The molecule has 0 aromatic carbocycles. The summed E-state index contributed by atoms with van der Waals surface area (Å²) in [6.45, 7) is 11.3. The van der Waals surface area contributed by atoms with Crippen LogP contribution < -0.4 is 0 Å². The molecule has 0 nitrogen and oxygen atoms in total. The molecule has 0 saturated heterocycles. The molecule has 0 radical (unpaired) electrons. The van der Waals surface area contributed by atoms with E-state index in [1.807, 2.05) is 0 Å². The summed E-state index contributed by atoms with van der Waals surface area (Å²) in [5.41, 5.74) is 3.63. The van der Waals surface area contributed by atoms with Crippen molar-refractivity contribution in [3.05, 3.63) is 23.8 Å². The summed E-state index contributed by atoms with van der Waals surface area (Å²) in [6.07, 6.45) is 9.21. The van der Waals surface area contributed by atoms with Crippen LogP contribution in [-0.4, -0.2) is 0 Å². The molecular formula is C15H24. The molecule has 2 rings (SSSR count). The van der Waals surface area contributed by atoms with E-state index in [4.69, 9.17) is 0 Å². The van der Waals surface area contributed by atoms with Gasteiger partial charge in [0, 0.05) is 0 Å². The van der Waals surface area contributed by atoms with Crippen LogP contribution in [0.25, 0.3) is 0 Å². The van der Waals surface area contributed by atoms with E-state index in [2.05, 4.69) is 33.4 Å². The third-order valence-electron chi connectivity index (χ3n) is 4.94. The molecule has 0 unspecified atom stereocenters. The van der Waals surface area contributed by atoms with Gasteiger partial charge in [-0.3, -0.25) is 0 Å². The zero-order valence-electron chi connectivity index (χ0n) is 10.5. The van der Waals surface area contributed by atoms with Gasteiger partial charge < -0.3 is 0 Å². The minimum Gasteiger partial charge on any atom is -0.0999 e. The van der Waals surface area contributed by atoms with Gasteiger partial charge in [-0.05, 0) is 56.3 Å². The molecule has 0 N–H and O–H groups in total. The Morgan fingerprint density at radius 2 is 2.20 bits per heavy atom. The topological polar surface area (TPSA) is 0 Å². The van der Waals surface area contributed by atoms with Crippen LogP contribution in [0.2, 0.25) is 0 Å². The van der Waals surface area contributed by atoms with Crippen molar-refractivity contribution in [1.29, 1.82) is 0 Å². The second-order valence-corrected chi connectivity index (χ2v) is 5.91. The van der Waals surface area contributed by atoms with E-state index < -0.39 is 0 Å². The highest BCUT2D eigenvalue weighted by Gasteiger charge is 2.41. The lowest BCUT2D eigenvalue weighted by atomic mass is 9.58. The van der Waals surface area contributed by atoms with Crippen LogP contribution in [0.3, 0.4) is 0 Å². The van der Waals surface area contributed by atoms with Crippen molar-refractivity contribution in [2.24, 2.45) is 17.3 Å². The molecule has 3 atom stereocenters. The maximum absolute atomic E-state index is 4.15. The molecule has 2 aliphatic carbocycles. The van der Waals surface area contributed by atoms with E-state index in [1.165, 1.54) is 37.7 Å². The van der Waals surface area contributed by atoms with E-state index in [0.717, 1.165) is 11.8 Å². The summed E-state index contributed by atoms with van der Waals surface area (Å²) < 4.78 is 0. The van der Waals surface area contributed by atoms with Crippen LogP contribution in [0.4, 0.5) is 0 Å². The van der Waals surface area contributed by atoms with Gasteiger partial charge in [0.25, 0.3) is 0 Å². The SMILES string of the molecule is C=C(C)[C@H]1CCC2=CCC[C@H](C)[C@]2(C)C1. The van der Waals surface area contributed by atoms with Gasteiger partial charge in [0.05, 0.1) is 0 Å². The Morgan fingerprint density at radius 3 is 2.87 bits per heavy atom. The highest BCUT2D eigenvalue weighted by Crippen LogP contribution is 2.53. The van der Waals surface area contributed by atoms with Crippen LogP contribution in [0.15, 0.2) is 23.8 Å². The molecule has 0 spiro atoms. The third-order valence-corrected chi connectivity index (χ3v) is 4.94. The lowest BCUT2D eigenvalue weighted by Gasteiger charge is -2.47. The van der Waals surface area contributed by atoms with Gasteiger partial charge in [0.15, 0.2) is 0 Å². The number of hydrogen-bond donors (Lipinski definition) is 0. The fraction of sp³-hybridized carbons (Fsp3) is 0.733. The molecule has 0 bridgehead atoms. The monoisotopic (exact) mass is 204 g/mol. The molecule has 0 amide bonds. The third kappa shape index (κ3) is 1.79. The normalized spacial score (nSPS) is 40.6. The summed E-state index contributed by atoms with van der Waals surface area (Å²) in [7, 11) is 0. The second kappa shape index (κ2) is 3.81. The first-order valence-electron chi connectivity index (χ1n) is 6.39. The Bertz CT molecular complexity index is 297. The number of hydrogen-bond acceptors (Lipinski definition) is 0. The minimum atomic E-state index is 0.486. The highest BCUT2D eigenvalue weighted by molar-refractivity contribution is 5.23. The van der Waals surface area contributed by atoms with Gasteiger partial charge in [0.2, 0.25) is 0 Å². The molecule has 1 fully saturated rings.